The van der Waals surface area contributed by atoms with Gasteiger partial charge in [0, 0.05) is 4.47 Å². The van der Waals surface area contributed by atoms with Crippen LogP contribution in [0.25, 0.3) is 0 Å². The zero-order valence-corrected chi connectivity index (χ0v) is 10.6. The Bertz CT molecular complexity index is 604. The van der Waals surface area contributed by atoms with Gasteiger partial charge in [0.1, 0.15) is 11.6 Å². The number of hydrogen-bond acceptors (Lipinski definition) is 3. The van der Waals surface area contributed by atoms with Crippen LogP contribution in [0.2, 0.25) is 0 Å². The maximum Gasteiger partial charge on any atom is 0.260 e. The van der Waals surface area contributed by atoms with Gasteiger partial charge in [0.25, 0.3) is 5.91 Å². The maximum absolute atomic E-state index is 12.8. The van der Waals surface area contributed by atoms with Gasteiger partial charge in [-0.05, 0) is 30.3 Å². The molecule has 0 aliphatic heterocycles. The predicted molar refractivity (Wildman–Crippen MR) is 68.0 cm³/mol. The topological polar surface area (TPSA) is 62.2 Å². The van der Waals surface area contributed by atoms with Crippen LogP contribution in [0.5, 0.6) is 5.75 Å². The standard InChI is InChI=1S/C12H8BrFN2O2/c13-7-4-5-8(9(17)6-7)12(18)16-11-3-1-2-10(14)15-11/h1-6,17H,(H,15,16,18). The molecule has 1 heterocycles. The number of anilines is 1. The van der Waals surface area contributed by atoms with Crippen LogP contribution >= 0.6 is 15.9 Å². The fourth-order valence-electron chi connectivity index (χ4n) is 1.36. The lowest BCUT2D eigenvalue weighted by Crippen LogP contribution is -2.13. The molecule has 4 nitrogen and oxygen atoms in total. The summed E-state index contributed by atoms with van der Waals surface area (Å²) in [5.74, 6) is -1.33. The number of benzene rings is 1. The molecule has 92 valence electrons. The minimum absolute atomic E-state index is 0.0855. The number of nitrogens with zero attached hydrogens (tertiary/aromatic N) is 1. The van der Waals surface area contributed by atoms with Gasteiger partial charge in [-0.25, -0.2) is 4.98 Å². The van der Waals surface area contributed by atoms with Crippen molar-refractivity contribution in [1.82, 2.24) is 4.98 Å². The van der Waals surface area contributed by atoms with Crippen LogP contribution in [0, 0.1) is 5.95 Å². The first-order valence-electron chi connectivity index (χ1n) is 4.98. The Kier molecular flexibility index (Phi) is 3.57. The summed E-state index contributed by atoms with van der Waals surface area (Å²) in [6, 6.07) is 8.53. The minimum atomic E-state index is -0.687. The van der Waals surface area contributed by atoms with Crippen molar-refractivity contribution in [3.8, 4) is 5.75 Å². The van der Waals surface area contributed by atoms with Crippen LogP contribution in [-0.2, 0) is 0 Å². The third-order valence-electron chi connectivity index (χ3n) is 2.16. The number of pyridine rings is 1. The lowest BCUT2D eigenvalue weighted by molar-refractivity contribution is 0.102. The van der Waals surface area contributed by atoms with Gasteiger partial charge in [0.2, 0.25) is 5.95 Å². The second kappa shape index (κ2) is 5.14. The number of hydrogen-bond donors (Lipinski definition) is 2. The number of aromatic hydroxyl groups is 1. The first kappa shape index (κ1) is 12.5. The Morgan fingerprint density at radius 3 is 2.78 bits per heavy atom. The lowest BCUT2D eigenvalue weighted by Gasteiger charge is -2.06. The molecule has 0 bridgehead atoms. The molecule has 2 rings (SSSR count). The Balaban J connectivity index is 2.22. The van der Waals surface area contributed by atoms with Gasteiger partial charge in [-0.1, -0.05) is 22.0 Å². The highest BCUT2D eigenvalue weighted by atomic mass is 79.9. The minimum Gasteiger partial charge on any atom is -0.507 e. The Morgan fingerprint density at radius 1 is 1.33 bits per heavy atom. The number of rotatable bonds is 2. The van der Waals surface area contributed by atoms with Crippen LogP contribution < -0.4 is 5.32 Å². The first-order valence-corrected chi connectivity index (χ1v) is 5.78. The summed E-state index contributed by atoms with van der Waals surface area (Å²) in [6.07, 6.45) is 0. The molecule has 0 radical (unpaired) electrons. The van der Waals surface area contributed by atoms with Crippen molar-refractivity contribution >= 4 is 27.7 Å². The van der Waals surface area contributed by atoms with Crippen molar-refractivity contribution in [1.29, 1.82) is 0 Å². The van der Waals surface area contributed by atoms with Gasteiger partial charge in [-0.2, -0.15) is 4.39 Å². The van der Waals surface area contributed by atoms with E-state index >= 15 is 0 Å². The number of phenols is 1. The lowest BCUT2D eigenvalue weighted by atomic mass is 10.2. The first-order chi connectivity index (χ1) is 8.56. The second-order valence-corrected chi connectivity index (χ2v) is 4.38. The molecule has 18 heavy (non-hydrogen) atoms. The number of carbonyl (C=O) groups excluding carboxylic acids is 1. The molecule has 6 heteroatoms. The van der Waals surface area contributed by atoms with E-state index in [1.54, 1.807) is 6.07 Å². The van der Waals surface area contributed by atoms with E-state index in [2.05, 4.69) is 26.2 Å². The van der Waals surface area contributed by atoms with Crippen LogP contribution in [0.1, 0.15) is 10.4 Å². The van der Waals surface area contributed by atoms with E-state index in [1.165, 1.54) is 30.3 Å². The van der Waals surface area contributed by atoms with Gasteiger partial charge >= 0.3 is 0 Å². The van der Waals surface area contributed by atoms with Crippen LogP contribution in [0.3, 0.4) is 0 Å². The van der Waals surface area contributed by atoms with E-state index in [4.69, 9.17) is 0 Å². The molecule has 0 saturated heterocycles. The average molecular weight is 311 g/mol. The predicted octanol–water partition coefficient (Wildman–Crippen LogP) is 2.94. The van der Waals surface area contributed by atoms with Crippen molar-refractivity contribution in [2.45, 2.75) is 0 Å². The van der Waals surface area contributed by atoms with Crippen molar-refractivity contribution in [3.63, 3.8) is 0 Å². The zero-order chi connectivity index (χ0) is 13.1. The summed E-state index contributed by atoms with van der Waals surface area (Å²) in [5.41, 5.74) is 0.0873. The summed E-state index contributed by atoms with van der Waals surface area (Å²) < 4.78 is 13.5. The SMILES string of the molecule is O=C(Nc1cccc(F)n1)c1ccc(Br)cc1O. The van der Waals surface area contributed by atoms with Crippen molar-refractivity contribution in [2.75, 3.05) is 5.32 Å². The third kappa shape index (κ3) is 2.84. The van der Waals surface area contributed by atoms with Crippen LogP contribution in [0.15, 0.2) is 40.9 Å². The number of aromatic nitrogens is 1. The van der Waals surface area contributed by atoms with Crippen molar-refractivity contribution in [3.05, 3.63) is 52.4 Å². The highest BCUT2D eigenvalue weighted by molar-refractivity contribution is 9.10. The molecule has 0 saturated carbocycles. The number of amides is 1. The summed E-state index contributed by atoms with van der Waals surface area (Å²) in [7, 11) is 0. The van der Waals surface area contributed by atoms with Crippen molar-refractivity contribution < 1.29 is 14.3 Å². The quantitative estimate of drug-likeness (QED) is 0.838. The number of halogens is 2. The molecule has 0 fully saturated rings. The van der Waals surface area contributed by atoms with Gasteiger partial charge in [0.05, 0.1) is 5.56 Å². The molecular formula is C12H8BrFN2O2. The largest absolute Gasteiger partial charge is 0.507 e. The molecule has 1 aromatic carbocycles. The molecule has 0 aliphatic rings. The van der Waals surface area contributed by atoms with E-state index in [9.17, 15) is 14.3 Å². The fourth-order valence-corrected chi connectivity index (χ4v) is 1.71. The van der Waals surface area contributed by atoms with Crippen LogP contribution in [0.4, 0.5) is 10.2 Å². The normalized spacial score (nSPS) is 10.1. The number of carbonyl (C=O) groups is 1. The molecule has 2 N–H and O–H groups in total. The average Bonchev–Trinajstić information content (AvgIpc) is 2.28. The van der Waals surface area contributed by atoms with Gasteiger partial charge in [-0.15, -0.1) is 0 Å². The Hall–Kier alpha value is -1.95. The second-order valence-electron chi connectivity index (χ2n) is 3.46. The highest BCUT2D eigenvalue weighted by Gasteiger charge is 2.12. The molecule has 2 aromatic rings. The van der Waals surface area contributed by atoms with Gasteiger partial charge in [0.15, 0.2) is 0 Å². The third-order valence-corrected chi connectivity index (χ3v) is 2.65. The van der Waals surface area contributed by atoms with E-state index in [0.29, 0.717) is 4.47 Å². The van der Waals surface area contributed by atoms with E-state index in [0.717, 1.165) is 0 Å². The zero-order valence-electron chi connectivity index (χ0n) is 9.02. The monoisotopic (exact) mass is 310 g/mol. The maximum atomic E-state index is 12.8. The van der Waals surface area contributed by atoms with E-state index in [-0.39, 0.29) is 17.1 Å². The number of nitrogens with one attached hydrogen (secondary N) is 1. The summed E-state index contributed by atoms with van der Waals surface area (Å²) >= 11 is 3.17. The molecule has 0 atom stereocenters. The smallest absolute Gasteiger partial charge is 0.260 e. The summed E-state index contributed by atoms with van der Waals surface area (Å²) in [5, 5.41) is 12.0. The van der Waals surface area contributed by atoms with E-state index in [1.807, 2.05) is 0 Å². The molecule has 0 spiro atoms. The van der Waals surface area contributed by atoms with Crippen molar-refractivity contribution in [2.24, 2.45) is 0 Å². The Morgan fingerprint density at radius 2 is 2.11 bits per heavy atom. The van der Waals surface area contributed by atoms with Gasteiger partial charge < -0.3 is 10.4 Å². The summed E-state index contributed by atoms with van der Waals surface area (Å²) in [6.45, 7) is 0. The van der Waals surface area contributed by atoms with Gasteiger partial charge in [-0.3, -0.25) is 4.79 Å². The fraction of sp³-hybridized carbons (Fsp3) is 0. The van der Waals surface area contributed by atoms with Crippen LogP contribution in [-0.4, -0.2) is 16.0 Å². The summed E-state index contributed by atoms with van der Waals surface area (Å²) in [4.78, 5) is 15.3. The number of phenolic OH excluding ortho intramolecular Hbond substituents is 1. The molecular weight excluding hydrogens is 303 g/mol. The van der Waals surface area contributed by atoms with E-state index < -0.39 is 11.9 Å². The highest BCUT2D eigenvalue weighted by Crippen LogP contribution is 2.23. The Labute approximate surface area is 111 Å². The molecule has 1 aromatic heterocycles. The molecule has 0 aliphatic carbocycles. The molecule has 0 unspecified atom stereocenters. The molecule has 1 amide bonds.